The van der Waals surface area contributed by atoms with E-state index in [1.165, 1.54) is 11.3 Å². The number of hydrogen-bond acceptors (Lipinski definition) is 6. The Morgan fingerprint density at radius 3 is 2.75 bits per heavy atom. The number of ether oxygens (including phenoxy) is 1. The van der Waals surface area contributed by atoms with Gasteiger partial charge in [0.1, 0.15) is 5.75 Å². The Morgan fingerprint density at radius 1 is 1.17 bits per heavy atom. The van der Waals surface area contributed by atoms with E-state index in [0.29, 0.717) is 33.8 Å². The number of thiophene rings is 1. The summed E-state index contributed by atoms with van der Waals surface area (Å²) in [6.07, 6.45) is 0. The number of carbonyl (C=O) groups excluding carboxylic acids is 1. The average molecular weight is 336 g/mol. The SMILES string of the molecule is Cc1noc2nc(-c3cccs3)cc(C(=O)Oc3ccccc3)c12. The number of aromatic nitrogens is 2. The summed E-state index contributed by atoms with van der Waals surface area (Å²) in [6, 6.07) is 14.5. The first-order valence-corrected chi connectivity index (χ1v) is 8.18. The summed E-state index contributed by atoms with van der Waals surface area (Å²) >= 11 is 1.54. The minimum atomic E-state index is -0.460. The molecule has 3 heterocycles. The van der Waals surface area contributed by atoms with Gasteiger partial charge in [0.05, 0.1) is 27.2 Å². The second-order valence-corrected chi connectivity index (χ2v) is 6.13. The molecule has 4 aromatic rings. The van der Waals surface area contributed by atoms with Gasteiger partial charge in [0.15, 0.2) is 0 Å². The van der Waals surface area contributed by atoms with Crippen molar-refractivity contribution >= 4 is 28.4 Å². The van der Waals surface area contributed by atoms with Crippen LogP contribution in [0.1, 0.15) is 16.1 Å². The third-order valence-corrected chi connectivity index (χ3v) is 4.46. The van der Waals surface area contributed by atoms with Crippen LogP contribution in [0, 0.1) is 6.92 Å². The first-order chi connectivity index (χ1) is 11.7. The summed E-state index contributed by atoms with van der Waals surface area (Å²) < 4.78 is 10.7. The van der Waals surface area contributed by atoms with Gasteiger partial charge in [-0.15, -0.1) is 11.3 Å². The zero-order chi connectivity index (χ0) is 16.5. The maximum atomic E-state index is 12.7. The molecule has 0 amide bonds. The lowest BCUT2D eigenvalue weighted by Crippen LogP contribution is -2.10. The molecule has 24 heavy (non-hydrogen) atoms. The largest absolute Gasteiger partial charge is 0.423 e. The summed E-state index contributed by atoms with van der Waals surface area (Å²) in [5, 5.41) is 6.46. The van der Waals surface area contributed by atoms with Gasteiger partial charge in [-0.2, -0.15) is 0 Å². The van der Waals surface area contributed by atoms with E-state index in [4.69, 9.17) is 9.26 Å². The highest BCUT2D eigenvalue weighted by Crippen LogP contribution is 2.30. The van der Waals surface area contributed by atoms with Crippen molar-refractivity contribution in [3.63, 3.8) is 0 Å². The Balaban J connectivity index is 1.83. The summed E-state index contributed by atoms with van der Waals surface area (Å²) in [4.78, 5) is 18.1. The summed E-state index contributed by atoms with van der Waals surface area (Å²) in [5.74, 6) is 0.0250. The number of aryl methyl sites for hydroxylation is 1. The van der Waals surface area contributed by atoms with E-state index in [2.05, 4.69) is 10.1 Å². The van der Waals surface area contributed by atoms with Gasteiger partial charge in [-0.05, 0) is 36.6 Å². The number of para-hydroxylation sites is 1. The number of fused-ring (bicyclic) bond motifs is 1. The molecule has 5 nitrogen and oxygen atoms in total. The zero-order valence-electron chi connectivity index (χ0n) is 12.7. The molecule has 0 saturated heterocycles. The van der Waals surface area contributed by atoms with Crippen molar-refractivity contribution in [2.75, 3.05) is 0 Å². The predicted molar refractivity (Wildman–Crippen MR) is 91.3 cm³/mol. The zero-order valence-corrected chi connectivity index (χ0v) is 13.5. The monoisotopic (exact) mass is 336 g/mol. The predicted octanol–water partition coefficient (Wildman–Crippen LogP) is 4.48. The molecule has 0 bridgehead atoms. The fourth-order valence-corrected chi connectivity index (χ4v) is 3.14. The topological polar surface area (TPSA) is 65.2 Å². The molecule has 3 aromatic heterocycles. The van der Waals surface area contributed by atoms with Gasteiger partial charge in [-0.25, -0.2) is 9.78 Å². The third kappa shape index (κ3) is 2.57. The average Bonchev–Trinajstić information content (AvgIpc) is 3.25. The number of pyridine rings is 1. The van der Waals surface area contributed by atoms with E-state index in [9.17, 15) is 4.79 Å². The van der Waals surface area contributed by atoms with Crippen molar-refractivity contribution in [2.24, 2.45) is 0 Å². The Hall–Kier alpha value is -2.99. The molecule has 0 spiro atoms. The fourth-order valence-electron chi connectivity index (χ4n) is 2.46. The molecule has 0 saturated carbocycles. The Morgan fingerprint density at radius 2 is 2.00 bits per heavy atom. The lowest BCUT2D eigenvalue weighted by atomic mass is 10.1. The quantitative estimate of drug-likeness (QED) is 0.408. The molecule has 0 atom stereocenters. The lowest BCUT2D eigenvalue weighted by molar-refractivity contribution is 0.0736. The van der Waals surface area contributed by atoms with Crippen LogP contribution in [0.4, 0.5) is 0 Å². The van der Waals surface area contributed by atoms with Crippen LogP contribution in [0.25, 0.3) is 21.7 Å². The molecule has 0 N–H and O–H groups in total. The number of nitrogens with zero attached hydrogens (tertiary/aromatic N) is 2. The number of carbonyl (C=O) groups is 1. The van der Waals surface area contributed by atoms with Gasteiger partial charge in [0.2, 0.25) is 0 Å². The van der Waals surface area contributed by atoms with Gasteiger partial charge >= 0.3 is 5.97 Å². The van der Waals surface area contributed by atoms with Gasteiger partial charge in [-0.3, -0.25) is 0 Å². The fraction of sp³-hybridized carbons (Fsp3) is 0.0556. The number of rotatable bonds is 3. The van der Waals surface area contributed by atoms with Crippen LogP contribution < -0.4 is 4.74 Å². The van der Waals surface area contributed by atoms with Crippen molar-refractivity contribution in [2.45, 2.75) is 6.92 Å². The normalized spacial score (nSPS) is 10.9. The molecule has 4 rings (SSSR count). The van der Waals surface area contributed by atoms with Crippen molar-refractivity contribution in [1.82, 2.24) is 10.1 Å². The molecule has 0 aliphatic heterocycles. The van der Waals surface area contributed by atoms with Crippen molar-refractivity contribution < 1.29 is 14.1 Å². The molecule has 1 aromatic carbocycles. The number of esters is 1. The van der Waals surface area contributed by atoms with E-state index in [1.54, 1.807) is 25.1 Å². The highest BCUT2D eigenvalue weighted by atomic mass is 32.1. The van der Waals surface area contributed by atoms with Crippen LogP contribution >= 0.6 is 11.3 Å². The molecular formula is C18H12N2O3S. The first kappa shape index (κ1) is 14.6. The molecule has 118 valence electrons. The van der Waals surface area contributed by atoms with E-state index < -0.39 is 5.97 Å². The molecule has 0 aliphatic rings. The van der Waals surface area contributed by atoms with Crippen LogP contribution in [0.2, 0.25) is 0 Å². The Kier molecular flexibility index (Phi) is 3.59. The van der Waals surface area contributed by atoms with Crippen LogP contribution in [-0.2, 0) is 0 Å². The molecule has 0 fully saturated rings. The minimum Gasteiger partial charge on any atom is -0.423 e. The van der Waals surface area contributed by atoms with Gasteiger partial charge in [-0.1, -0.05) is 29.4 Å². The van der Waals surface area contributed by atoms with E-state index in [1.807, 2.05) is 35.7 Å². The second-order valence-electron chi connectivity index (χ2n) is 5.18. The van der Waals surface area contributed by atoms with E-state index in [-0.39, 0.29) is 0 Å². The van der Waals surface area contributed by atoms with Crippen molar-refractivity contribution in [3.05, 3.63) is 65.2 Å². The van der Waals surface area contributed by atoms with Crippen LogP contribution in [0.15, 0.2) is 58.4 Å². The summed E-state index contributed by atoms with van der Waals surface area (Å²) in [5.41, 5.74) is 1.99. The van der Waals surface area contributed by atoms with Gasteiger partial charge in [0.25, 0.3) is 5.71 Å². The molecule has 0 radical (unpaired) electrons. The number of hydrogen-bond donors (Lipinski definition) is 0. The van der Waals surface area contributed by atoms with Gasteiger partial charge in [0, 0.05) is 0 Å². The standard InChI is InChI=1S/C18H12N2O3S/c1-11-16-13(18(21)22-12-6-3-2-4-7-12)10-14(15-8-5-9-24-15)19-17(16)23-20-11/h2-10H,1H3. The van der Waals surface area contributed by atoms with Crippen molar-refractivity contribution in [1.29, 1.82) is 0 Å². The number of benzene rings is 1. The Labute approximate surface area is 141 Å². The summed E-state index contributed by atoms with van der Waals surface area (Å²) in [6.45, 7) is 1.78. The Bertz CT molecular complexity index is 1010. The van der Waals surface area contributed by atoms with E-state index >= 15 is 0 Å². The highest BCUT2D eigenvalue weighted by Gasteiger charge is 2.21. The molecule has 0 unspecified atom stereocenters. The molecule has 0 aliphatic carbocycles. The van der Waals surface area contributed by atoms with Crippen LogP contribution in [0.5, 0.6) is 5.75 Å². The maximum Gasteiger partial charge on any atom is 0.344 e. The maximum absolute atomic E-state index is 12.7. The van der Waals surface area contributed by atoms with E-state index in [0.717, 1.165) is 4.88 Å². The smallest absolute Gasteiger partial charge is 0.344 e. The third-order valence-electron chi connectivity index (χ3n) is 3.56. The second kappa shape index (κ2) is 5.90. The minimum absolute atomic E-state index is 0.332. The van der Waals surface area contributed by atoms with Gasteiger partial charge < -0.3 is 9.26 Å². The molecular weight excluding hydrogens is 324 g/mol. The lowest BCUT2D eigenvalue weighted by Gasteiger charge is -2.06. The van der Waals surface area contributed by atoms with Crippen molar-refractivity contribution in [3.8, 4) is 16.3 Å². The molecule has 6 heteroatoms. The van der Waals surface area contributed by atoms with Crippen LogP contribution in [0.3, 0.4) is 0 Å². The van der Waals surface area contributed by atoms with Crippen LogP contribution in [-0.4, -0.2) is 16.1 Å². The first-order valence-electron chi connectivity index (χ1n) is 7.30. The highest BCUT2D eigenvalue weighted by molar-refractivity contribution is 7.13. The summed E-state index contributed by atoms with van der Waals surface area (Å²) in [7, 11) is 0.